The predicted molar refractivity (Wildman–Crippen MR) is 136 cm³/mol. The molecule has 188 valence electrons. The van der Waals surface area contributed by atoms with Gasteiger partial charge in [-0.1, -0.05) is 38.0 Å². The van der Waals surface area contributed by atoms with E-state index in [1.165, 1.54) is 0 Å². The van der Waals surface area contributed by atoms with Crippen molar-refractivity contribution in [2.75, 3.05) is 7.11 Å². The van der Waals surface area contributed by atoms with E-state index in [-0.39, 0.29) is 11.7 Å². The van der Waals surface area contributed by atoms with Crippen molar-refractivity contribution in [1.29, 1.82) is 0 Å². The van der Waals surface area contributed by atoms with Crippen LogP contribution >= 0.6 is 0 Å². The molecule has 4 aromatic rings. The number of benzene rings is 1. The highest BCUT2D eigenvalue weighted by Crippen LogP contribution is 2.33. The lowest BCUT2D eigenvalue weighted by molar-refractivity contribution is -0.118. The maximum atomic E-state index is 12.9. The van der Waals surface area contributed by atoms with E-state index in [0.717, 1.165) is 30.2 Å². The maximum Gasteiger partial charge on any atom is 0.272 e. The molecule has 9 heteroatoms. The van der Waals surface area contributed by atoms with E-state index >= 15 is 0 Å². The van der Waals surface area contributed by atoms with Gasteiger partial charge in [-0.2, -0.15) is 5.10 Å². The van der Waals surface area contributed by atoms with Crippen molar-refractivity contribution in [3.63, 3.8) is 0 Å². The molecular formula is C27H31N5O4. The molecule has 1 aromatic carbocycles. The number of aromatic nitrogens is 4. The first-order valence-electron chi connectivity index (χ1n) is 12.2. The number of nitrogens with one attached hydrogen (secondary N) is 1. The van der Waals surface area contributed by atoms with Crippen molar-refractivity contribution in [2.45, 2.75) is 51.5 Å². The molecular weight excluding hydrogens is 458 g/mol. The van der Waals surface area contributed by atoms with Crippen LogP contribution in [0.4, 0.5) is 0 Å². The molecule has 0 aliphatic rings. The van der Waals surface area contributed by atoms with Crippen LogP contribution in [0.25, 0.3) is 22.2 Å². The van der Waals surface area contributed by atoms with Crippen LogP contribution < -0.4 is 10.1 Å². The van der Waals surface area contributed by atoms with Gasteiger partial charge < -0.3 is 14.5 Å². The van der Waals surface area contributed by atoms with E-state index in [0.29, 0.717) is 48.1 Å². The lowest BCUT2D eigenvalue weighted by Crippen LogP contribution is -2.29. The molecule has 3 aromatic heterocycles. The minimum absolute atomic E-state index is 0.269. The summed E-state index contributed by atoms with van der Waals surface area (Å²) in [7, 11) is 3.33. The number of hydrogen-bond donors (Lipinski definition) is 1. The SMILES string of the molecule is CCC(=O)CCCCCC(NC(=O)c1ccn(C)n1)c1ncc(-c2cc3ccccc3nc2OC)o1. The van der Waals surface area contributed by atoms with Gasteiger partial charge in [0.1, 0.15) is 17.5 Å². The molecule has 0 aliphatic carbocycles. The molecule has 4 rings (SSSR count). The summed E-state index contributed by atoms with van der Waals surface area (Å²) in [5.41, 5.74) is 1.82. The fourth-order valence-electron chi connectivity index (χ4n) is 4.05. The van der Waals surface area contributed by atoms with E-state index in [2.05, 4.69) is 20.4 Å². The lowest BCUT2D eigenvalue weighted by Gasteiger charge is -2.15. The quantitative estimate of drug-likeness (QED) is 0.278. The number of amides is 1. The highest BCUT2D eigenvalue weighted by Gasteiger charge is 2.23. The van der Waals surface area contributed by atoms with Crippen molar-refractivity contribution >= 4 is 22.6 Å². The van der Waals surface area contributed by atoms with Crippen molar-refractivity contribution in [3.8, 4) is 17.2 Å². The molecule has 0 bridgehead atoms. The number of unbranched alkanes of at least 4 members (excludes halogenated alkanes) is 2. The Morgan fingerprint density at radius 2 is 2.00 bits per heavy atom. The average Bonchev–Trinajstić information content (AvgIpc) is 3.56. The Balaban J connectivity index is 1.55. The molecule has 0 saturated heterocycles. The average molecular weight is 490 g/mol. The van der Waals surface area contributed by atoms with Crippen molar-refractivity contribution in [2.24, 2.45) is 7.05 Å². The Kier molecular flexibility index (Phi) is 8.10. The molecule has 1 amide bonds. The Labute approximate surface area is 209 Å². The molecule has 9 nitrogen and oxygen atoms in total. The van der Waals surface area contributed by atoms with Crippen LogP contribution in [0.1, 0.15) is 67.9 Å². The molecule has 1 N–H and O–H groups in total. The largest absolute Gasteiger partial charge is 0.480 e. The van der Waals surface area contributed by atoms with Gasteiger partial charge in [0, 0.05) is 31.5 Å². The third-order valence-corrected chi connectivity index (χ3v) is 6.06. The number of rotatable bonds is 12. The van der Waals surface area contributed by atoms with Gasteiger partial charge in [0.25, 0.3) is 5.91 Å². The number of fused-ring (bicyclic) bond motifs is 1. The lowest BCUT2D eigenvalue weighted by atomic mass is 10.0. The highest BCUT2D eigenvalue weighted by atomic mass is 16.5. The zero-order valence-corrected chi connectivity index (χ0v) is 20.9. The first-order valence-corrected chi connectivity index (χ1v) is 12.2. The fourth-order valence-corrected chi connectivity index (χ4v) is 4.05. The zero-order valence-electron chi connectivity index (χ0n) is 20.9. The number of pyridine rings is 1. The zero-order chi connectivity index (χ0) is 25.5. The second kappa shape index (κ2) is 11.6. The minimum atomic E-state index is -0.449. The number of ketones is 1. The van der Waals surface area contributed by atoms with Gasteiger partial charge in [-0.15, -0.1) is 0 Å². The molecule has 0 fully saturated rings. The minimum Gasteiger partial charge on any atom is -0.480 e. The summed E-state index contributed by atoms with van der Waals surface area (Å²) in [4.78, 5) is 33.5. The van der Waals surface area contributed by atoms with Gasteiger partial charge in [-0.05, 0) is 31.0 Å². The number of nitrogens with zero attached hydrogens (tertiary/aromatic N) is 4. The molecule has 1 atom stereocenters. The molecule has 0 aliphatic heterocycles. The van der Waals surface area contributed by atoms with Gasteiger partial charge in [-0.25, -0.2) is 9.97 Å². The Bertz CT molecular complexity index is 1340. The summed E-state index contributed by atoms with van der Waals surface area (Å²) in [5.74, 6) is 1.31. The standard InChI is InChI=1S/C27H31N5O4/c1-4-19(33)11-6-5-7-13-23(29-25(34)22-14-15-32(2)31-22)27-28-17-24(36-27)20-16-18-10-8-9-12-21(18)30-26(20)35-3/h8-10,12,14-17,23H,4-7,11,13H2,1-3H3,(H,29,34). The summed E-state index contributed by atoms with van der Waals surface area (Å²) in [6.07, 6.45) is 7.62. The van der Waals surface area contributed by atoms with Crippen molar-refractivity contribution < 1.29 is 18.7 Å². The first kappa shape index (κ1) is 25.1. The third kappa shape index (κ3) is 5.97. The van der Waals surface area contributed by atoms with Crippen LogP contribution in [-0.4, -0.2) is 38.5 Å². The summed E-state index contributed by atoms with van der Waals surface area (Å²) in [5, 5.41) is 8.16. The molecule has 36 heavy (non-hydrogen) atoms. The molecule has 3 heterocycles. The summed E-state index contributed by atoms with van der Waals surface area (Å²) in [6.45, 7) is 1.88. The fraction of sp³-hybridized carbons (Fsp3) is 0.370. The maximum absolute atomic E-state index is 12.9. The number of Topliss-reactive ketones (excluding diaryl/α,β-unsaturated/α-hetero) is 1. The number of ether oxygens (including phenoxy) is 1. The van der Waals surface area contributed by atoms with Crippen molar-refractivity contribution in [3.05, 3.63) is 60.4 Å². The Morgan fingerprint density at radius 3 is 2.75 bits per heavy atom. The number of carbonyl (C=O) groups excluding carboxylic acids is 2. The van der Waals surface area contributed by atoms with Crippen molar-refractivity contribution in [1.82, 2.24) is 25.1 Å². The number of carbonyl (C=O) groups is 2. The Morgan fingerprint density at radius 1 is 1.17 bits per heavy atom. The highest BCUT2D eigenvalue weighted by molar-refractivity contribution is 5.92. The van der Waals surface area contributed by atoms with Crippen LogP contribution in [0.15, 0.2) is 53.2 Å². The number of methoxy groups -OCH3 is 1. The van der Waals surface area contributed by atoms with Crippen LogP contribution in [0.3, 0.4) is 0 Å². The second-order valence-corrected chi connectivity index (χ2v) is 8.69. The van der Waals surface area contributed by atoms with Gasteiger partial charge in [-0.3, -0.25) is 14.3 Å². The summed E-state index contributed by atoms with van der Waals surface area (Å²) < 4.78 is 13.2. The number of oxazole rings is 1. The van der Waals surface area contributed by atoms with Gasteiger partial charge in [0.15, 0.2) is 5.76 Å². The molecule has 0 spiro atoms. The molecule has 0 saturated carbocycles. The van der Waals surface area contributed by atoms with E-state index in [1.54, 1.807) is 37.3 Å². The third-order valence-electron chi connectivity index (χ3n) is 6.06. The van der Waals surface area contributed by atoms with Gasteiger partial charge >= 0.3 is 0 Å². The van der Waals surface area contributed by atoms with Crippen LogP contribution in [-0.2, 0) is 11.8 Å². The number of para-hydroxylation sites is 1. The summed E-state index contributed by atoms with van der Waals surface area (Å²) in [6, 6.07) is 10.9. The monoisotopic (exact) mass is 489 g/mol. The van der Waals surface area contributed by atoms with E-state index in [4.69, 9.17) is 9.15 Å². The van der Waals surface area contributed by atoms with Gasteiger partial charge in [0.2, 0.25) is 11.8 Å². The number of aryl methyl sites for hydroxylation is 1. The van der Waals surface area contributed by atoms with Gasteiger partial charge in [0.05, 0.1) is 24.4 Å². The predicted octanol–water partition coefficient (Wildman–Crippen LogP) is 5.03. The van der Waals surface area contributed by atoms with E-state index in [9.17, 15) is 9.59 Å². The van der Waals surface area contributed by atoms with E-state index < -0.39 is 6.04 Å². The molecule has 0 radical (unpaired) electrons. The molecule has 1 unspecified atom stereocenters. The normalized spacial score (nSPS) is 12.0. The van der Waals surface area contributed by atoms with Crippen LogP contribution in [0.2, 0.25) is 0 Å². The van der Waals surface area contributed by atoms with Crippen LogP contribution in [0.5, 0.6) is 5.88 Å². The Hall–Kier alpha value is -4.01. The van der Waals surface area contributed by atoms with E-state index in [1.807, 2.05) is 37.3 Å². The summed E-state index contributed by atoms with van der Waals surface area (Å²) >= 11 is 0. The van der Waals surface area contributed by atoms with Crippen LogP contribution in [0, 0.1) is 0 Å². The number of hydrogen-bond acceptors (Lipinski definition) is 7. The smallest absolute Gasteiger partial charge is 0.272 e. The second-order valence-electron chi connectivity index (χ2n) is 8.69. The topological polar surface area (TPSA) is 112 Å². The first-order chi connectivity index (χ1) is 17.5.